The molecule has 2 unspecified atom stereocenters. The SMILES string of the molecule is CCC(Cc1ccccc1)N1CCCCC1CCN. The van der Waals surface area contributed by atoms with E-state index in [0.717, 1.165) is 13.0 Å². The maximum absolute atomic E-state index is 5.79. The molecule has 2 nitrogen and oxygen atoms in total. The first-order chi connectivity index (χ1) is 9.35. The Kier molecular flexibility index (Phi) is 5.87. The number of nitrogens with two attached hydrogens (primary N) is 1. The molecule has 0 spiro atoms. The molecule has 2 rings (SSSR count). The molecule has 0 aromatic heterocycles. The average Bonchev–Trinajstić information content (AvgIpc) is 2.47. The Hall–Kier alpha value is -0.860. The summed E-state index contributed by atoms with van der Waals surface area (Å²) in [4.78, 5) is 2.74. The fraction of sp³-hybridized carbons (Fsp3) is 0.647. The highest BCUT2D eigenvalue weighted by molar-refractivity contribution is 5.16. The summed E-state index contributed by atoms with van der Waals surface area (Å²) in [6, 6.07) is 12.3. The van der Waals surface area contributed by atoms with Gasteiger partial charge in [0.1, 0.15) is 0 Å². The van der Waals surface area contributed by atoms with Gasteiger partial charge in [-0.05, 0) is 50.8 Å². The molecule has 2 heteroatoms. The lowest BCUT2D eigenvalue weighted by Crippen LogP contribution is -2.47. The molecular formula is C17H28N2. The molecule has 1 aliphatic rings. The van der Waals surface area contributed by atoms with Gasteiger partial charge in [-0.25, -0.2) is 0 Å². The van der Waals surface area contributed by atoms with Crippen molar-refractivity contribution in [3.05, 3.63) is 35.9 Å². The summed E-state index contributed by atoms with van der Waals surface area (Å²) in [5, 5.41) is 0. The van der Waals surface area contributed by atoms with Crippen molar-refractivity contribution >= 4 is 0 Å². The highest BCUT2D eigenvalue weighted by atomic mass is 15.2. The molecular weight excluding hydrogens is 232 g/mol. The van der Waals surface area contributed by atoms with Gasteiger partial charge in [0.15, 0.2) is 0 Å². The van der Waals surface area contributed by atoms with Crippen molar-refractivity contribution in [1.82, 2.24) is 4.90 Å². The van der Waals surface area contributed by atoms with Gasteiger partial charge in [0, 0.05) is 12.1 Å². The van der Waals surface area contributed by atoms with Crippen LogP contribution in [-0.4, -0.2) is 30.1 Å². The van der Waals surface area contributed by atoms with Crippen LogP contribution in [0, 0.1) is 0 Å². The molecule has 19 heavy (non-hydrogen) atoms. The Morgan fingerprint density at radius 2 is 2.05 bits per heavy atom. The van der Waals surface area contributed by atoms with Gasteiger partial charge in [-0.1, -0.05) is 43.7 Å². The Morgan fingerprint density at radius 3 is 2.74 bits per heavy atom. The lowest BCUT2D eigenvalue weighted by Gasteiger charge is -2.41. The summed E-state index contributed by atoms with van der Waals surface area (Å²) in [5.41, 5.74) is 7.25. The van der Waals surface area contributed by atoms with E-state index >= 15 is 0 Å². The first-order valence-corrected chi connectivity index (χ1v) is 7.85. The normalized spacial score (nSPS) is 22.3. The fourth-order valence-electron chi connectivity index (χ4n) is 3.39. The Labute approximate surface area is 118 Å². The van der Waals surface area contributed by atoms with E-state index in [1.54, 1.807) is 0 Å². The van der Waals surface area contributed by atoms with Crippen molar-refractivity contribution in [3.63, 3.8) is 0 Å². The van der Waals surface area contributed by atoms with E-state index in [4.69, 9.17) is 5.73 Å². The van der Waals surface area contributed by atoms with Crippen molar-refractivity contribution in [2.75, 3.05) is 13.1 Å². The van der Waals surface area contributed by atoms with Crippen molar-refractivity contribution in [2.24, 2.45) is 5.73 Å². The third-order valence-corrected chi connectivity index (χ3v) is 4.43. The number of hydrogen-bond acceptors (Lipinski definition) is 2. The van der Waals surface area contributed by atoms with Crippen molar-refractivity contribution < 1.29 is 0 Å². The molecule has 1 saturated heterocycles. The van der Waals surface area contributed by atoms with Crippen LogP contribution in [0.4, 0.5) is 0 Å². The van der Waals surface area contributed by atoms with Crippen LogP contribution in [0.15, 0.2) is 30.3 Å². The molecule has 0 saturated carbocycles. The minimum atomic E-state index is 0.680. The standard InChI is InChI=1S/C17H28N2/c1-2-16(14-15-8-4-3-5-9-15)19-13-7-6-10-17(19)11-12-18/h3-5,8-9,16-17H,2,6-7,10-14,18H2,1H3. The van der Waals surface area contributed by atoms with Gasteiger partial charge in [0.05, 0.1) is 0 Å². The van der Waals surface area contributed by atoms with Crippen molar-refractivity contribution in [2.45, 2.75) is 57.5 Å². The molecule has 1 aromatic rings. The quantitative estimate of drug-likeness (QED) is 0.851. The number of rotatable bonds is 6. The highest BCUT2D eigenvalue weighted by Crippen LogP contribution is 2.24. The van der Waals surface area contributed by atoms with E-state index in [0.29, 0.717) is 12.1 Å². The lowest BCUT2D eigenvalue weighted by molar-refractivity contribution is 0.0872. The number of likely N-dealkylation sites (tertiary alicyclic amines) is 1. The van der Waals surface area contributed by atoms with Crippen molar-refractivity contribution in [1.29, 1.82) is 0 Å². The molecule has 1 heterocycles. The van der Waals surface area contributed by atoms with Crippen LogP contribution in [0.2, 0.25) is 0 Å². The first-order valence-electron chi connectivity index (χ1n) is 7.85. The maximum Gasteiger partial charge on any atom is 0.0136 e. The van der Waals surface area contributed by atoms with Gasteiger partial charge < -0.3 is 5.73 Å². The summed E-state index contributed by atoms with van der Waals surface area (Å²) in [6.45, 7) is 4.40. The average molecular weight is 260 g/mol. The van der Waals surface area contributed by atoms with E-state index in [1.807, 2.05) is 0 Å². The van der Waals surface area contributed by atoms with E-state index in [2.05, 4.69) is 42.2 Å². The Balaban J connectivity index is 2.02. The second kappa shape index (κ2) is 7.66. The molecule has 1 aromatic carbocycles. The number of hydrogen-bond donors (Lipinski definition) is 1. The number of piperidine rings is 1. The Bertz CT molecular complexity index is 348. The predicted octanol–water partition coefficient (Wildman–Crippen LogP) is 3.21. The van der Waals surface area contributed by atoms with Gasteiger partial charge in [-0.3, -0.25) is 4.90 Å². The molecule has 1 fully saturated rings. The molecule has 0 radical (unpaired) electrons. The predicted molar refractivity (Wildman–Crippen MR) is 82.2 cm³/mol. The molecule has 2 atom stereocenters. The third kappa shape index (κ3) is 4.05. The molecule has 106 valence electrons. The van der Waals surface area contributed by atoms with Gasteiger partial charge in [0.25, 0.3) is 0 Å². The minimum absolute atomic E-state index is 0.680. The lowest BCUT2D eigenvalue weighted by atomic mass is 9.93. The van der Waals surface area contributed by atoms with Crippen LogP contribution >= 0.6 is 0 Å². The number of nitrogens with zero attached hydrogens (tertiary/aromatic N) is 1. The van der Waals surface area contributed by atoms with E-state index < -0.39 is 0 Å². The van der Waals surface area contributed by atoms with Crippen LogP contribution in [0.3, 0.4) is 0 Å². The summed E-state index contributed by atoms with van der Waals surface area (Å²) in [6.07, 6.45) is 7.64. The summed E-state index contributed by atoms with van der Waals surface area (Å²) < 4.78 is 0. The molecule has 2 N–H and O–H groups in total. The second-order valence-electron chi connectivity index (χ2n) is 5.72. The van der Waals surface area contributed by atoms with Gasteiger partial charge in [0.2, 0.25) is 0 Å². The zero-order chi connectivity index (χ0) is 13.5. The Morgan fingerprint density at radius 1 is 1.26 bits per heavy atom. The molecule has 0 bridgehead atoms. The molecule has 1 aliphatic heterocycles. The maximum atomic E-state index is 5.79. The number of benzene rings is 1. The highest BCUT2D eigenvalue weighted by Gasteiger charge is 2.27. The van der Waals surface area contributed by atoms with Gasteiger partial charge in [-0.2, -0.15) is 0 Å². The third-order valence-electron chi connectivity index (χ3n) is 4.43. The van der Waals surface area contributed by atoms with Crippen LogP contribution in [0.5, 0.6) is 0 Å². The van der Waals surface area contributed by atoms with Crippen LogP contribution in [0.25, 0.3) is 0 Å². The van der Waals surface area contributed by atoms with Crippen LogP contribution < -0.4 is 5.73 Å². The first kappa shape index (κ1) is 14.5. The summed E-state index contributed by atoms with van der Waals surface area (Å²) in [7, 11) is 0. The zero-order valence-corrected chi connectivity index (χ0v) is 12.2. The van der Waals surface area contributed by atoms with Crippen LogP contribution in [0.1, 0.15) is 44.6 Å². The molecule has 0 aliphatic carbocycles. The van der Waals surface area contributed by atoms with Crippen molar-refractivity contribution in [3.8, 4) is 0 Å². The van der Waals surface area contributed by atoms with Gasteiger partial charge >= 0.3 is 0 Å². The fourth-order valence-corrected chi connectivity index (χ4v) is 3.39. The minimum Gasteiger partial charge on any atom is -0.330 e. The topological polar surface area (TPSA) is 29.3 Å². The second-order valence-corrected chi connectivity index (χ2v) is 5.72. The van der Waals surface area contributed by atoms with Gasteiger partial charge in [-0.15, -0.1) is 0 Å². The zero-order valence-electron chi connectivity index (χ0n) is 12.2. The summed E-state index contributed by atoms with van der Waals surface area (Å²) in [5.74, 6) is 0. The van der Waals surface area contributed by atoms with E-state index in [1.165, 1.54) is 44.2 Å². The molecule has 0 amide bonds. The van der Waals surface area contributed by atoms with E-state index in [9.17, 15) is 0 Å². The smallest absolute Gasteiger partial charge is 0.0136 e. The van der Waals surface area contributed by atoms with E-state index in [-0.39, 0.29) is 0 Å². The van der Waals surface area contributed by atoms with Crippen LogP contribution in [-0.2, 0) is 6.42 Å². The largest absolute Gasteiger partial charge is 0.330 e. The monoisotopic (exact) mass is 260 g/mol. The summed E-state index contributed by atoms with van der Waals surface area (Å²) >= 11 is 0.